The van der Waals surface area contributed by atoms with Gasteiger partial charge in [-0.1, -0.05) is 11.6 Å². The van der Waals surface area contributed by atoms with E-state index >= 15 is 0 Å². The average molecular weight is 429 g/mol. The third-order valence-electron chi connectivity index (χ3n) is 5.79. The third-order valence-corrected chi connectivity index (χ3v) is 6.04. The summed E-state index contributed by atoms with van der Waals surface area (Å²) in [5, 5.41) is 5.04. The van der Waals surface area contributed by atoms with Gasteiger partial charge in [-0.3, -0.25) is 19.1 Å². The third kappa shape index (κ3) is 4.56. The van der Waals surface area contributed by atoms with Gasteiger partial charge < -0.3 is 9.80 Å². The van der Waals surface area contributed by atoms with Gasteiger partial charge in [-0.2, -0.15) is 5.10 Å². The summed E-state index contributed by atoms with van der Waals surface area (Å²) in [5.74, 6) is -0.193. The van der Waals surface area contributed by atoms with E-state index in [0.717, 1.165) is 31.5 Å². The second-order valence-electron chi connectivity index (χ2n) is 7.80. The van der Waals surface area contributed by atoms with E-state index in [1.807, 2.05) is 10.7 Å². The Balaban J connectivity index is 1.26. The van der Waals surface area contributed by atoms with Crippen molar-refractivity contribution >= 4 is 29.2 Å². The molecule has 2 aliphatic rings. The standard InChI is InChI=1S/C22H25ClN4O3/c23-17-6-4-16(5-7-17)20(28)8-9-21(29)25-11-13-26(14-12-25)22(30)19-15-18-3-1-2-10-27(18)24-19/h4-7,15H,1-3,8-14H2. The summed E-state index contributed by atoms with van der Waals surface area (Å²) in [7, 11) is 0. The largest absolute Gasteiger partial charge is 0.339 e. The number of aromatic nitrogens is 2. The van der Waals surface area contributed by atoms with E-state index in [1.54, 1.807) is 34.1 Å². The Morgan fingerprint density at radius 1 is 0.900 bits per heavy atom. The predicted octanol–water partition coefficient (Wildman–Crippen LogP) is 2.82. The molecule has 2 amide bonds. The molecule has 7 nitrogen and oxygen atoms in total. The molecule has 2 aromatic rings. The number of hydrogen-bond acceptors (Lipinski definition) is 4. The minimum atomic E-state index is -0.0717. The molecule has 0 spiro atoms. The van der Waals surface area contributed by atoms with Crippen LogP contribution in [0.5, 0.6) is 0 Å². The first-order valence-corrected chi connectivity index (χ1v) is 10.8. The van der Waals surface area contributed by atoms with E-state index < -0.39 is 0 Å². The van der Waals surface area contributed by atoms with Crippen LogP contribution < -0.4 is 0 Å². The van der Waals surface area contributed by atoms with Crippen LogP contribution in [0.15, 0.2) is 30.3 Å². The molecule has 0 N–H and O–H groups in total. The van der Waals surface area contributed by atoms with E-state index in [1.165, 1.54) is 0 Å². The van der Waals surface area contributed by atoms with Crippen LogP contribution in [0.25, 0.3) is 0 Å². The van der Waals surface area contributed by atoms with Crippen molar-refractivity contribution < 1.29 is 14.4 Å². The van der Waals surface area contributed by atoms with Crippen LogP contribution in [0.3, 0.4) is 0 Å². The Bertz CT molecular complexity index is 922. The van der Waals surface area contributed by atoms with E-state index in [0.29, 0.717) is 42.5 Å². The number of aryl methyl sites for hydroxylation is 2. The van der Waals surface area contributed by atoms with Crippen LogP contribution in [0.2, 0.25) is 5.02 Å². The van der Waals surface area contributed by atoms with Gasteiger partial charge in [0.15, 0.2) is 11.5 Å². The van der Waals surface area contributed by atoms with Crippen molar-refractivity contribution in [3.8, 4) is 0 Å². The summed E-state index contributed by atoms with van der Waals surface area (Å²) < 4.78 is 1.94. The Morgan fingerprint density at radius 2 is 1.60 bits per heavy atom. The van der Waals surface area contributed by atoms with E-state index in [9.17, 15) is 14.4 Å². The molecule has 1 aromatic carbocycles. The van der Waals surface area contributed by atoms with Gasteiger partial charge in [0.1, 0.15) is 0 Å². The molecular formula is C22H25ClN4O3. The van der Waals surface area contributed by atoms with Crippen molar-refractivity contribution in [1.29, 1.82) is 0 Å². The summed E-state index contributed by atoms with van der Waals surface area (Å²) in [6.07, 6.45) is 3.55. The van der Waals surface area contributed by atoms with Crippen molar-refractivity contribution in [3.63, 3.8) is 0 Å². The number of piperazine rings is 1. The van der Waals surface area contributed by atoms with Crippen LogP contribution in [-0.2, 0) is 17.8 Å². The molecule has 158 valence electrons. The Hall–Kier alpha value is -2.67. The van der Waals surface area contributed by atoms with Crippen LogP contribution in [0, 0.1) is 0 Å². The minimum Gasteiger partial charge on any atom is -0.339 e. The molecule has 4 rings (SSSR count). The summed E-state index contributed by atoms with van der Waals surface area (Å²) in [6.45, 7) is 2.80. The fourth-order valence-corrected chi connectivity index (χ4v) is 4.13. The number of carbonyl (C=O) groups excluding carboxylic acids is 3. The number of ketones is 1. The zero-order chi connectivity index (χ0) is 21.1. The van der Waals surface area contributed by atoms with E-state index in [2.05, 4.69) is 5.10 Å². The summed E-state index contributed by atoms with van der Waals surface area (Å²) in [5.41, 5.74) is 2.19. The Morgan fingerprint density at radius 3 is 2.30 bits per heavy atom. The molecule has 3 heterocycles. The maximum atomic E-state index is 12.8. The lowest BCUT2D eigenvalue weighted by molar-refractivity contribution is -0.132. The van der Waals surface area contributed by atoms with Crippen LogP contribution in [0.4, 0.5) is 0 Å². The fraction of sp³-hybridized carbons (Fsp3) is 0.455. The SMILES string of the molecule is O=C(CCC(=O)N1CCN(C(=O)c2cc3n(n2)CCCC3)CC1)c1ccc(Cl)cc1. The number of carbonyl (C=O) groups is 3. The first-order valence-electron chi connectivity index (χ1n) is 10.4. The molecule has 30 heavy (non-hydrogen) atoms. The maximum absolute atomic E-state index is 12.8. The van der Waals surface area contributed by atoms with Crippen molar-refractivity contribution in [2.45, 2.75) is 38.6 Å². The highest BCUT2D eigenvalue weighted by Crippen LogP contribution is 2.17. The van der Waals surface area contributed by atoms with Gasteiger partial charge in [0.25, 0.3) is 5.91 Å². The molecule has 0 aliphatic carbocycles. The molecule has 0 unspecified atom stereocenters. The van der Waals surface area contributed by atoms with Crippen LogP contribution in [-0.4, -0.2) is 63.4 Å². The Labute approximate surface area is 180 Å². The summed E-state index contributed by atoms with van der Waals surface area (Å²) >= 11 is 5.84. The second-order valence-corrected chi connectivity index (χ2v) is 8.24. The number of Topliss-reactive ketones (excluding diaryl/α,β-unsaturated/α-hetero) is 1. The summed E-state index contributed by atoms with van der Waals surface area (Å²) in [6, 6.07) is 8.59. The maximum Gasteiger partial charge on any atom is 0.274 e. The molecule has 1 aromatic heterocycles. The smallest absolute Gasteiger partial charge is 0.274 e. The van der Waals surface area contributed by atoms with Gasteiger partial charge in [0.2, 0.25) is 5.91 Å². The lowest BCUT2D eigenvalue weighted by Gasteiger charge is -2.34. The summed E-state index contributed by atoms with van der Waals surface area (Å²) in [4.78, 5) is 41.0. The molecule has 0 atom stereocenters. The van der Waals surface area contributed by atoms with Gasteiger partial charge >= 0.3 is 0 Å². The second kappa shape index (κ2) is 9.00. The first kappa shape index (κ1) is 20.6. The quantitative estimate of drug-likeness (QED) is 0.686. The lowest BCUT2D eigenvalue weighted by atomic mass is 10.1. The van der Waals surface area contributed by atoms with Gasteiger partial charge in [0, 0.05) is 61.8 Å². The first-order chi connectivity index (χ1) is 14.5. The molecular weight excluding hydrogens is 404 g/mol. The highest BCUT2D eigenvalue weighted by atomic mass is 35.5. The molecule has 8 heteroatoms. The lowest BCUT2D eigenvalue weighted by Crippen LogP contribution is -2.50. The number of rotatable bonds is 5. The predicted molar refractivity (Wildman–Crippen MR) is 113 cm³/mol. The van der Waals surface area contributed by atoms with E-state index in [4.69, 9.17) is 11.6 Å². The minimum absolute atomic E-state index is 0.0538. The molecule has 0 radical (unpaired) electrons. The molecule has 0 bridgehead atoms. The normalized spacial score (nSPS) is 16.3. The zero-order valence-electron chi connectivity index (χ0n) is 16.8. The van der Waals surface area contributed by atoms with Gasteiger partial charge in [0.05, 0.1) is 0 Å². The number of fused-ring (bicyclic) bond motifs is 1. The number of nitrogens with zero attached hydrogens (tertiary/aromatic N) is 4. The van der Waals surface area contributed by atoms with Crippen molar-refractivity contribution in [2.24, 2.45) is 0 Å². The number of hydrogen-bond donors (Lipinski definition) is 0. The van der Waals surface area contributed by atoms with Gasteiger partial charge in [-0.15, -0.1) is 0 Å². The number of halogens is 1. The fourth-order valence-electron chi connectivity index (χ4n) is 4.00. The number of amides is 2. The highest BCUT2D eigenvalue weighted by Gasteiger charge is 2.27. The number of benzene rings is 1. The van der Waals surface area contributed by atoms with Crippen LogP contribution >= 0.6 is 11.6 Å². The Kier molecular flexibility index (Phi) is 6.18. The molecule has 1 saturated heterocycles. The van der Waals surface area contributed by atoms with Crippen molar-refractivity contribution in [1.82, 2.24) is 19.6 Å². The van der Waals surface area contributed by atoms with Gasteiger partial charge in [-0.25, -0.2) is 0 Å². The zero-order valence-corrected chi connectivity index (χ0v) is 17.6. The van der Waals surface area contributed by atoms with Crippen molar-refractivity contribution in [3.05, 3.63) is 52.3 Å². The average Bonchev–Trinajstić information content (AvgIpc) is 3.21. The topological polar surface area (TPSA) is 75.5 Å². The van der Waals surface area contributed by atoms with Gasteiger partial charge in [-0.05, 0) is 49.6 Å². The van der Waals surface area contributed by atoms with Crippen LogP contribution in [0.1, 0.15) is 52.2 Å². The molecule has 2 aliphatic heterocycles. The van der Waals surface area contributed by atoms with Crippen molar-refractivity contribution in [2.75, 3.05) is 26.2 Å². The monoisotopic (exact) mass is 428 g/mol. The molecule has 1 fully saturated rings. The van der Waals surface area contributed by atoms with E-state index in [-0.39, 0.29) is 30.4 Å². The molecule has 0 saturated carbocycles. The highest BCUT2D eigenvalue weighted by molar-refractivity contribution is 6.30.